The van der Waals surface area contributed by atoms with Gasteiger partial charge in [-0.05, 0) is 35.9 Å². The fourth-order valence-electron chi connectivity index (χ4n) is 2.09. The van der Waals surface area contributed by atoms with Gasteiger partial charge >= 0.3 is 5.97 Å². The molecule has 0 aliphatic carbocycles. The standard InChI is InChI=1S/C19H16O5/c1-2-11-21-15-6-3-14(4-7-15)5-10-19(20)24-16-8-9-17-18(12-16)23-13-22-17/h2-10,12H,1,11,13H2/b10-5+. The van der Waals surface area contributed by atoms with Gasteiger partial charge in [-0.2, -0.15) is 0 Å². The molecule has 2 aromatic carbocycles. The van der Waals surface area contributed by atoms with E-state index in [1.54, 1.807) is 30.4 Å². The Balaban J connectivity index is 1.58. The SMILES string of the molecule is C=CCOc1ccc(/C=C/C(=O)Oc2ccc3c(c2)OCO3)cc1. The molecule has 0 N–H and O–H groups in total. The van der Waals surface area contributed by atoms with Gasteiger partial charge in [-0.25, -0.2) is 4.79 Å². The van der Waals surface area contributed by atoms with Crippen molar-refractivity contribution < 1.29 is 23.7 Å². The van der Waals surface area contributed by atoms with Crippen LogP contribution in [0.4, 0.5) is 0 Å². The molecule has 0 bridgehead atoms. The molecule has 0 atom stereocenters. The van der Waals surface area contributed by atoms with Crippen LogP contribution >= 0.6 is 0 Å². The van der Waals surface area contributed by atoms with Gasteiger partial charge in [0.05, 0.1) is 0 Å². The van der Waals surface area contributed by atoms with E-state index in [2.05, 4.69) is 6.58 Å². The van der Waals surface area contributed by atoms with Gasteiger partial charge in [0.25, 0.3) is 0 Å². The Labute approximate surface area is 139 Å². The van der Waals surface area contributed by atoms with Gasteiger partial charge < -0.3 is 18.9 Å². The summed E-state index contributed by atoms with van der Waals surface area (Å²) < 4.78 is 21.1. The first-order valence-electron chi connectivity index (χ1n) is 7.38. The molecule has 24 heavy (non-hydrogen) atoms. The molecule has 0 radical (unpaired) electrons. The highest BCUT2D eigenvalue weighted by Crippen LogP contribution is 2.35. The molecule has 2 aromatic rings. The van der Waals surface area contributed by atoms with Crippen LogP contribution in [0, 0.1) is 0 Å². The highest BCUT2D eigenvalue weighted by Gasteiger charge is 2.14. The van der Waals surface area contributed by atoms with Crippen LogP contribution in [-0.4, -0.2) is 19.4 Å². The lowest BCUT2D eigenvalue weighted by atomic mass is 10.2. The van der Waals surface area contributed by atoms with Crippen molar-refractivity contribution in [1.82, 2.24) is 0 Å². The number of carbonyl (C=O) groups is 1. The topological polar surface area (TPSA) is 54.0 Å². The maximum absolute atomic E-state index is 11.9. The van der Waals surface area contributed by atoms with Crippen LogP contribution in [0.1, 0.15) is 5.56 Å². The second-order valence-corrected chi connectivity index (χ2v) is 4.94. The Morgan fingerprint density at radius 3 is 2.62 bits per heavy atom. The van der Waals surface area contributed by atoms with E-state index in [4.69, 9.17) is 18.9 Å². The van der Waals surface area contributed by atoms with Gasteiger partial charge in [0.2, 0.25) is 6.79 Å². The number of rotatable bonds is 6. The Bertz CT molecular complexity index is 762. The molecule has 0 aromatic heterocycles. The first kappa shape index (κ1) is 15.7. The third kappa shape index (κ3) is 3.95. The van der Waals surface area contributed by atoms with Crippen LogP contribution in [0.3, 0.4) is 0 Å². The maximum Gasteiger partial charge on any atom is 0.336 e. The molecule has 0 saturated heterocycles. The zero-order valence-electron chi connectivity index (χ0n) is 12.9. The molecule has 0 spiro atoms. The van der Waals surface area contributed by atoms with E-state index < -0.39 is 5.97 Å². The summed E-state index contributed by atoms with van der Waals surface area (Å²) in [5, 5.41) is 0. The third-order valence-corrected chi connectivity index (χ3v) is 3.22. The van der Waals surface area contributed by atoms with Crippen molar-refractivity contribution in [2.75, 3.05) is 13.4 Å². The fraction of sp³-hybridized carbons (Fsp3) is 0.105. The summed E-state index contributed by atoms with van der Waals surface area (Å²) in [4.78, 5) is 11.9. The number of hydrogen-bond acceptors (Lipinski definition) is 5. The number of benzene rings is 2. The molecule has 1 aliphatic rings. The van der Waals surface area contributed by atoms with E-state index in [1.807, 2.05) is 24.3 Å². The van der Waals surface area contributed by atoms with Crippen molar-refractivity contribution in [2.45, 2.75) is 0 Å². The largest absolute Gasteiger partial charge is 0.490 e. The van der Waals surface area contributed by atoms with Crippen LogP contribution in [-0.2, 0) is 4.79 Å². The minimum atomic E-state index is -0.471. The van der Waals surface area contributed by atoms with Crippen molar-refractivity contribution in [1.29, 1.82) is 0 Å². The van der Waals surface area contributed by atoms with Crippen LogP contribution in [0.2, 0.25) is 0 Å². The Morgan fingerprint density at radius 1 is 1.08 bits per heavy atom. The summed E-state index contributed by atoms with van der Waals surface area (Å²) >= 11 is 0. The number of carbonyl (C=O) groups excluding carboxylic acids is 1. The minimum Gasteiger partial charge on any atom is -0.490 e. The number of hydrogen-bond donors (Lipinski definition) is 0. The quantitative estimate of drug-likeness (QED) is 0.352. The molecule has 5 nitrogen and oxygen atoms in total. The van der Waals surface area contributed by atoms with Gasteiger partial charge in [0.1, 0.15) is 18.1 Å². The van der Waals surface area contributed by atoms with Gasteiger partial charge in [-0.3, -0.25) is 0 Å². The summed E-state index contributed by atoms with van der Waals surface area (Å²) in [5.41, 5.74) is 0.864. The average Bonchev–Trinajstić information content (AvgIpc) is 3.07. The third-order valence-electron chi connectivity index (χ3n) is 3.22. The molecule has 0 fully saturated rings. The van der Waals surface area contributed by atoms with Crippen LogP contribution in [0.25, 0.3) is 6.08 Å². The second-order valence-electron chi connectivity index (χ2n) is 4.94. The van der Waals surface area contributed by atoms with E-state index in [0.717, 1.165) is 11.3 Å². The molecule has 3 rings (SSSR count). The van der Waals surface area contributed by atoms with E-state index in [9.17, 15) is 4.79 Å². The predicted octanol–water partition coefficient (Wildman–Crippen LogP) is 3.60. The minimum absolute atomic E-state index is 0.180. The van der Waals surface area contributed by atoms with Crippen molar-refractivity contribution in [3.63, 3.8) is 0 Å². The van der Waals surface area contributed by atoms with Crippen molar-refractivity contribution in [3.05, 3.63) is 66.8 Å². The smallest absolute Gasteiger partial charge is 0.336 e. The molecule has 0 saturated carbocycles. The van der Waals surface area contributed by atoms with Crippen LogP contribution in [0.15, 0.2) is 61.2 Å². The normalized spacial score (nSPS) is 12.2. The fourth-order valence-corrected chi connectivity index (χ4v) is 2.09. The Kier molecular flexibility index (Phi) is 4.81. The molecular weight excluding hydrogens is 308 g/mol. The zero-order valence-corrected chi connectivity index (χ0v) is 12.9. The molecular formula is C19H16O5. The maximum atomic E-state index is 11.9. The lowest BCUT2D eigenvalue weighted by Crippen LogP contribution is -2.03. The van der Waals surface area contributed by atoms with Gasteiger partial charge in [-0.15, -0.1) is 0 Å². The van der Waals surface area contributed by atoms with Crippen LogP contribution in [0.5, 0.6) is 23.0 Å². The van der Waals surface area contributed by atoms with Crippen molar-refractivity contribution >= 4 is 12.0 Å². The monoisotopic (exact) mass is 324 g/mol. The van der Waals surface area contributed by atoms with Gasteiger partial charge in [-0.1, -0.05) is 24.8 Å². The summed E-state index contributed by atoms with van der Waals surface area (Å²) in [5.74, 6) is 1.89. The molecule has 1 heterocycles. The second kappa shape index (κ2) is 7.37. The van der Waals surface area contributed by atoms with E-state index in [1.165, 1.54) is 6.08 Å². The van der Waals surface area contributed by atoms with E-state index in [0.29, 0.717) is 23.9 Å². The van der Waals surface area contributed by atoms with E-state index >= 15 is 0 Å². The molecule has 122 valence electrons. The van der Waals surface area contributed by atoms with E-state index in [-0.39, 0.29) is 6.79 Å². The van der Waals surface area contributed by atoms with Gasteiger partial charge in [0, 0.05) is 12.1 Å². The van der Waals surface area contributed by atoms with Crippen molar-refractivity contribution in [3.8, 4) is 23.0 Å². The van der Waals surface area contributed by atoms with Crippen molar-refractivity contribution in [2.24, 2.45) is 0 Å². The summed E-state index contributed by atoms with van der Waals surface area (Å²) in [6.45, 7) is 4.23. The predicted molar refractivity (Wildman–Crippen MR) is 89.4 cm³/mol. The highest BCUT2D eigenvalue weighted by molar-refractivity contribution is 5.88. The number of esters is 1. The number of ether oxygens (including phenoxy) is 4. The molecule has 0 unspecified atom stereocenters. The summed E-state index contributed by atoms with van der Waals surface area (Å²) in [7, 11) is 0. The number of fused-ring (bicyclic) bond motifs is 1. The average molecular weight is 324 g/mol. The highest BCUT2D eigenvalue weighted by atomic mass is 16.7. The summed E-state index contributed by atoms with van der Waals surface area (Å²) in [6.07, 6.45) is 4.72. The molecule has 0 amide bonds. The Hall–Kier alpha value is -3.21. The van der Waals surface area contributed by atoms with Gasteiger partial charge in [0.15, 0.2) is 11.5 Å². The lowest BCUT2D eigenvalue weighted by molar-refractivity contribution is -0.128. The summed E-state index contributed by atoms with van der Waals surface area (Å²) in [6, 6.07) is 12.3. The van der Waals surface area contributed by atoms with Crippen LogP contribution < -0.4 is 18.9 Å². The first-order valence-corrected chi connectivity index (χ1v) is 7.38. The zero-order chi connectivity index (χ0) is 16.8. The Morgan fingerprint density at radius 2 is 1.83 bits per heavy atom. The molecule has 5 heteroatoms. The first-order chi connectivity index (χ1) is 11.7. The lowest BCUT2D eigenvalue weighted by Gasteiger charge is -2.03. The molecule has 1 aliphatic heterocycles.